The van der Waals surface area contributed by atoms with Crippen molar-refractivity contribution >= 4 is 0 Å². The van der Waals surface area contributed by atoms with Crippen LogP contribution in [-0.4, -0.2) is 4.57 Å². The van der Waals surface area contributed by atoms with Crippen molar-refractivity contribution in [3.63, 3.8) is 0 Å². The molecule has 0 saturated heterocycles. The van der Waals surface area contributed by atoms with Crippen LogP contribution in [0.4, 0.5) is 0 Å². The van der Waals surface area contributed by atoms with Gasteiger partial charge in [-0.2, -0.15) is 0 Å². The van der Waals surface area contributed by atoms with Gasteiger partial charge in [-0.3, -0.25) is 0 Å². The van der Waals surface area contributed by atoms with Gasteiger partial charge in [0.2, 0.25) is 6.33 Å². The summed E-state index contributed by atoms with van der Waals surface area (Å²) in [6.07, 6.45) is 6.77. The van der Waals surface area contributed by atoms with Crippen molar-refractivity contribution in [2.24, 2.45) is 7.05 Å². The average molecular weight is 141 g/mol. The molecule has 1 heterocycles. The smallest absolute Gasteiger partial charge is 0.240 e. The van der Waals surface area contributed by atoms with Gasteiger partial charge < -0.3 is 0 Å². The highest BCUT2D eigenvalue weighted by atomic mass is 15.1. The van der Waals surface area contributed by atoms with E-state index in [4.69, 9.17) is 2.74 Å². The van der Waals surface area contributed by atoms with E-state index in [1.54, 1.807) is 17.1 Å². The Labute approximate surface area is 64.9 Å². The molecule has 2 heteroatoms. The number of imidazole rings is 1. The Balaban J connectivity index is 2.81. The first-order valence-corrected chi connectivity index (χ1v) is 3.60. The molecule has 0 atom stereocenters. The van der Waals surface area contributed by atoms with Gasteiger partial charge in [-0.1, -0.05) is 13.3 Å². The van der Waals surface area contributed by atoms with Crippen molar-refractivity contribution in [1.82, 2.24) is 4.57 Å². The molecule has 1 rings (SSSR count). The van der Waals surface area contributed by atoms with Crippen molar-refractivity contribution < 1.29 is 7.31 Å². The summed E-state index contributed by atoms with van der Waals surface area (Å²) in [5.41, 5.74) is 0. The van der Waals surface area contributed by atoms with Gasteiger partial charge in [0, 0.05) is 0 Å². The van der Waals surface area contributed by atoms with Crippen molar-refractivity contribution in [3.8, 4) is 0 Å². The minimum Gasteiger partial charge on any atom is -0.240 e. The van der Waals surface area contributed by atoms with E-state index < -0.39 is 6.50 Å². The highest BCUT2D eigenvalue weighted by molar-refractivity contribution is 4.61. The first kappa shape index (κ1) is 4.94. The fraction of sp³-hybridized carbons (Fsp3) is 0.625. The lowest BCUT2D eigenvalue weighted by Gasteiger charge is -1.90. The predicted octanol–water partition coefficient (Wildman–Crippen LogP) is 1.11. The first-order chi connectivity index (χ1) is 5.56. The van der Waals surface area contributed by atoms with Gasteiger partial charge in [0.25, 0.3) is 0 Å². The van der Waals surface area contributed by atoms with Crippen LogP contribution in [0.15, 0.2) is 18.7 Å². The van der Waals surface area contributed by atoms with Gasteiger partial charge in [0.05, 0.1) is 16.3 Å². The molecule has 0 aromatic carbocycles. The molecule has 0 radical (unpaired) electrons. The minimum absolute atomic E-state index is 0.557. The monoisotopic (exact) mass is 141 g/mol. The van der Waals surface area contributed by atoms with Gasteiger partial charge in [-0.05, 0) is 6.42 Å². The zero-order valence-electron chi connectivity index (χ0n) is 8.54. The van der Waals surface area contributed by atoms with Crippen LogP contribution in [0.5, 0.6) is 0 Å². The largest absolute Gasteiger partial charge is 0.243 e. The van der Waals surface area contributed by atoms with Crippen LogP contribution in [0.25, 0.3) is 0 Å². The summed E-state index contributed by atoms with van der Waals surface area (Å²) in [6, 6.07) is 0. The normalized spacial score (nSPS) is 14.6. The molecule has 2 nitrogen and oxygen atoms in total. The molecule has 0 aliphatic rings. The molecular formula is C8H15N2+. The Morgan fingerprint density at radius 1 is 1.70 bits per heavy atom. The summed E-state index contributed by atoms with van der Waals surface area (Å²) in [4.78, 5) is 0. The van der Waals surface area contributed by atoms with Gasteiger partial charge in [-0.15, -0.1) is 0 Å². The highest BCUT2D eigenvalue weighted by Gasteiger charge is 1.96. The quantitative estimate of drug-likeness (QED) is 0.558. The number of rotatable bonds is 3. The molecule has 0 N–H and O–H groups in total. The molecule has 1 aromatic rings. The molecule has 0 aliphatic heterocycles. The third kappa shape index (κ3) is 1.87. The molecule has 0 aliphatic carbocycles. The third-order valence-electron chi connectivity index (χ3n) is 1.31. The second-order valence-electron chi connectivity index (χ2n) is 2.39. The maximum Gasteiger partial charge on any atom is 0.243 e. The summed E-state index contributed by atoms with van der Waals surface area (Å²) in [5, 5.41) is 0. The standard InChI is InChI=1S/C8H15N2/c1-3-4-5-10-7-6-9(2)8-10/h6-8H,3-5H2,1-2H3/q+1/i5D2. The van der Waals surface area contributed by atoms with Crippen molar-refractivity contribution in [1.29, 1.82) is 0 Å². The number of aromatic nitrogens is 2. The number of aryl methyl sites for hydroxylation is 2. The van der Waals surface area contributed by atoms with E-state index in [1.165, 1.54) is 0 Å². The molecule has 10 heavy (non-hydrogen) atoms. The molecule has 1 aromatic heterocycles. The van der Waals surface area contributed by atoms with E-state index in [0.717, 1.165) is 6.42 Å². The molecule has 56 valence electrons. The van der Waals surface area contributed by atoms with E-state index >= 15 is 0 Å². The minimum atomic E-state index is -1.24. The van der Waals surface area contributed by atoms with E-state index in [9.17, 15) is 0 Å². The molecule has 0 fully saturated rings. The number of hydrogen-bond acceptors (Lipinski definition) is 0. The molecular weight excluding hydrogens is 124 g/mol. The van der Waals surface area contributed by atoms with Crippen LogP contribution in [-0.2, 0) is 13.5 Å². The summed E-state index contributed by atoms with van der Waals surface area (Å²) in [7, 11) is 1.89. The Morgan fingerprint density at radius 3 is 3.00 bits per heavy atom. The van der Waals surface area contributed by atoms with Crippen molar-refractivity contribution in [2.45, 2.75) is 26.3 Å². The van der Waals surface area contributed by atoms with Crippen LogP contribution >= 0.6 is 0 Å². The Kier molecular flexibility index (Phi) is 1.68. The van der Waals surface area contributed by atoms with Crippen molar-refractivity contribution in [3.05, 3.63) is 18.7 Å². The fourth-order valence-electron chi connectivity index (χ4n) is 0.785. The second kappa shape index (κ2) is 3.40. The summed E-state index contributed by atoms with van der Waals surface area (Å²) >= 11 is 0. The molecule has 0 amide bonds. The second-order valence-corrected chi connectivity index (χ2v) is 2.39. The Hall–Kier alpha value is -0.790. The summed E-state index contributed by atoms with van der Waals surface area (Å²) in [6.45, 7) is 0.747. The van der Waals surface area contributed by atoms with Gasteiger partial charge in [0.1, 0.15) is 12.4 Å². The van der Waals surface area contributed by atoms with Crippen LogP contribution in [0.3, 0.4) is 0 Å². The van der Waals surface area contributed by atoms with Gasteiger partial charge in [0.15, 0.2) is 0 Å². The van der Waals surface area contributed by atoms with Gasteiger partial charge >= 0.3 is 0 Å². The van der Waals surface area contributed by atoms with Crippen LogP contribution < -0.4 is 4.57 Å². The molecule has 0 bridgehead atoms. The number of hydrogen-bond donors (Lipinski definition) is 0. The van der Waals surface area contributed by atoms with Crippen LogP contribution in [0, 0.1) is 0 Å². The molecule has 0 unspecified atom stereocenters. The van der Waals surface area contributed by atoms with Crippen molar-refractivity contribution in [2.75, 3.05) is 0 Å². The average Bonchev–Trinajstić information content (AvgIpc) is 2.36. The molecule has 0 saturated carbocycles. The van der Waals surface area contributed by atoms with Crippen LogP contribution in [0.1, 0.15) is 22.5 Å². The Bertz CT molecular complexity index is 255. The van der Waals surface area contributed by atoms with Gasteiger partial charge in [-0.25, -0.2) is 9.13 Å². The highest BCUT2D eigenvalue weighted by Crippen LogP contribution is 1.85. The summed E-state index contributed by atoms with van der Waals surface area (Å²) in [5.74, 6) is 0. The van der Waals surface area contributed by atoms with E-state index in [1.807, 2.05) is 24.7 Å². The van der Waals surface area contributed by atoms with E-state index in [0.29, 0.717) is 6.42 Å². The predicted molar refractivity (Wildman–Crippen MR) is 40.5 cm³/mol. The lowest BCUT2D eigenvalue weighted by Crippen LogP contribution is -2.30. The zero-order valence-corrected chi connectivity index (χ0v) is 6.54. The Morgan fingerprint density at radius 2 is 2.50 bits per heavy atom. The fourth-order valence-corrected chi connectivity index (χ4v) is 0.785. The third-order valence-corrected chi connectivity index (χ3v) is 1.31. The van der Waals surface area contributed by atoms with E-state index in [2.05, 4.69) is 0 Å². The topological polar surface area (TPSA) is 8.81 Å². The lowest BCUT2D eigenvalue weighted by molar-refractivity contribution is -0.696. The maximum atomic E-state index is 7.70. The maximum absolute atomic E-state index is 7.70. The number of nitrogens with zero attached hydrogens (tertiary/aromatic N) is 2. The first-order valence-electron chi connectivity index (χ1n) is 4.60. The van der Waals surface area contributed by atoms with E-state index in [-0.39, 0.29) is 0 Å². The molecule has 0 spiro atoms. The lowest BCUT2D eigenvalue weighted by atomic mass is 10.3. The summed E-state index contributed by atoms with van der Waals surface area (Å²) < 4.78 is 18.8. The SMILES string of the molecule is [2H]C([2H])(CCC)[n+]1ccn(C)c1. The zero-order chi connectivity index (χ0) is 9.19. The van der Waals surface area contributed by atoms with Crippen LogP contribution in [0.2, 0.25) is 0 Å².